The molecule has 28 heavy (non-hydrogen) atoms. The summed E-state index contributed by atoms with van der Waals surface area (Å²) >= 11 is 0. The second-order valence-electron chi connectivity index (χ2n) is 6.28. The number of esters is 1. The van der Waals surface area contributed by atoms with Crippen LogP contribution in [-0.2, 0) is 9.53 Å². The highest BCUT2D eigenvalue weighted by atomic mass is 19.4. The number of halogens is 11. The number of carbonyl (C=O) groups excluding carboxylic acids is 1. The summed E-state index contributed by atoms with van der Waals surface area (Å²) in [4.78, 5) is 11.5. The molecule has 1 saturated carbocycles. The molecule has 2 N–H and O–H groups in total. The minimum atomic E-state index is -7.44. The molecular formula is C13H13F11O4. The van der Waals surface area contributed by atoms with Gasteiger partial charge in [0.1, 0.15) is 6.61 Å². The smallest absolute Gasteiger partial charge is 0.384 e. The molecule has 166 valence electrons. The summed E-state index contributed by atoms with van der Waals surface area (Å²) in [5.41, 5.74) is -8.88. The van der Waals surface area contributed by atoms with Crippen LogP contribution in [0.2, 0.25) is 0 Å². The van der Waals surface area contributed by atoms with Crippen LogP contribution in [0.3, 0.4) is 0 Å². The lowest BCUT2D eigenvalue weighted by molar-refractivity contribution is -0.478. The van der Waals surface area contributed by atoms with Gasteiger partial charge in [0.2, 0.25) is 0 Å². The number of ether oxygens (including phenoxy) is 1. The standard InChI is InChI=1S/C13H13F11O4/c1-2-7(3-25,4-26)5-28-6(27)8(14)9(15,16)11(19,20)13(23,24)12(21,22)10(8,17)18/h25-26H,2-5H2,1H3. The SMILES string of the molecule is CCC(CO)(CO)COC(=O)C1(F)C(F)(F)C(F)(F)C(F)(F)C(F)(F)C1(F)F. The van der Waals surface area contributed by atoms with Crippen molar-refractivity contribution in [3.8, 4) is 0 Å². The van der Waals surface area contributed by atoms with Crippen LogP contribution in [0.4, 0.5) is 48.3 Å². The van der Waals surface area contributed by atoms with Crippen LogP contribution in [0, 0.1) is 5.41 Å². The fourth-order valence-corrected chi connectivity index (χ4v) is 2.26. The molecule has 0 amide bonds. The third-order valence-corrected chi connectivity index (χ3v) is 4.65. The van der Waals surface area contributed by atoms with Crippen LogP contribution in [-0.4, -0.2) is 71.3 Å². The van der Waals surface area contributed by atoms with Gasteiger partial charge >= 0.3 is 41.3 Å². The molecule has 4 nitrogen and oxygen atoms in total. The Labute approximate surface area is 149 Å². The number of hydrogen-bond donors (Lipinski definition) is 2. The number of aliphatic hydroxyl groups is 2. The maximum absolute atomic E-state index is 14.4. The third-order valence-electron chi connectivity index (χ3n) is 4.65. The zero-order valence-electron chi connectivity index (χ0n) is 13.7. The number of hydrogen-bond acceptors (Lipinski definition) is 4. The van der Waals surface area contributed by atoms with Crippen LogP contribution in [0.25, 0.3) is 0 Å². The summed E-state index contributed by atoms with van der Waals surface area (Å²) in [6.45, 7) is -2.63. The molecular weight excluding hydrogens is 429 g/mol. The van der Waals surface area contributed by atoms with E-state index in [1.807, 2.05) is 0 Å². The van der Waals surface area contributed by atoms with E-state index in [-0.39, 0.29) is 6.42 Å². The Kier molecular flexibility index (Phi) is 5.79. The summed E-state index contributed by atoms with van der Waals surface area (Å²) in [6.07, 6.45) is -0.371. The van der Waals surface area contributed by atoms with Gasteiger partial charge in [-0.3, -0.25) is 0 Å². The first-order valence-corrected chi connectivity index (χ1v) is 7.28. The van der Waals surface area contributed by atoms with Gasteiger partial charge in [0.25, 0.3) is 0 Å². The zero-order valence-corrected chi connectivity index (χ0v) is 13.7. The summed E-state index contributed by atoms with van der Waals surface area (Å²) < 4.78 is 152. The van der Waals surface area contributed by atoms with E-state index in [1.54, 1.807) is 0 Å². The molecule has 1 fully saturated rings. The van der Waals surface area contributed by atoms with Crippen LogP contribution >= 0.6 is 0 Å². The van der Waals surface area contributed by atoms with Crippen molar-refractivity contribution in [2.45, 2.75) is 48.6 Å². The predicted octanol–water partition coefficient (Wildman–Crippen LogP) is 2.81. The molecule has 1 aliphatic carbocycles. The van der Waals surface area contributed by atoms with Gasteiger partial charge in [-0.2, -0.15) is 43.9 Å². The van der Waals surface area contributed by atoms with Crippen LogP contribution in [0.15, 0.2) is 0 Å². The van der Waals surface area contributed by atoms with E-state index >= 15 is 0 Å². The topological polar surface area (TPSA) is 66.8 Å². The van der Waals surface area contributed by atoms with E-state index in [2.05, 4.69) is 4.74 Å². The highest BCUT2D eigenvalue weighted by Gasteiger charge is 3.03. The molecule has 0 spiro atoms. The van der Waals surface area contributed by atoms with Crippen molar-refractivity contribution in [3.05, 3.63) is 0 Å². The third kappa shape index (κ3) is 2.53. The maximum Gasteiger partial charge on any atom is 0.384 e. The van der Waals surface area contributed by atoms with Gasteiger partial charge in [0.15, 0.2) is 0 Å². The Morgan fingerprint density at radius 3 is 1.36 bits per heavy atom. The highest BCUT2D eigenvalue weighted by molar-refractivity contribution is 5.84. The van der Waals surface area contributed by atoms with Gasteiger partial charge in [0.05, 0.1) is 18.6 Å². The molecule has 0 unspecified atom stereocenters. The lowest BCUT2D eigenvalue weighted by Crippen LogP contribution is -2.85. The molecule has 15 heteroatoms. The van der Waals surface area contributed by atoms with Crippen LogP contribution in [0.1, 0.15) is 13.3 Å². The summed E-state index contributed by atoms with van der Waals surface area (Å²) in [5, 5.41) is 18.0. The fourth-order valence-electron chi connectivity index (χ4n) is 2.26. The Balaban J connectivity index is 3.55. The van der Waals surface area contributed by atoms with E-state index in [4.69, 9.17) is 10.2 Å². The van der Waals surface area contributed by atoms with E-state index in [0.717, 1.165) is 6.92 Å². The van der Waals surface area contributed by atoms with Gasteiger partial charge in [-0.1, -0.05) is 6.92 Å². The number of aliphatic hydroxyl groups excluding tert-OH is 2. The first-order chi connectivity index (χ1) is 12.3. The Hall–Kier alpha value is -1.38. The normalized spacial score (nSPS) is 26.5. The molecule has 0 saturated heterocycles. The molecule has 0 atom stereocenters. The van der Waals surface area contributed by atoms with Gasteiger partial charge in [-0.15, -0.1) is 0 Å². The number of alkyl halides is 11. The second-order valence-corrected chi connectivity index (χ2v) is 6.28. The predicted molar refractivity (Wildman–Crippen MR) is 66.4 cm³/mol. The van der Waals surface area contributed by atoms with Crippen molar-refractivity contribution in [2.75, 3.05) is 19.8 Å². The molecule has 0 aromatic heterocycles. The van der Waals surface area contributed by atoms with Gasteiger partial charge in [0, 0.05) is 0 Å². The average molecular weight is 442 g/mol. The molecule has 1 rings (SSSR count). The average Bonchev–Trinajstić information content (AvgIpc) is 2.60. The zero-order chi connectivity index (χ0) is 22.6. The van der Waals surface area contributed by atoms with Gasteiger partial charge < -0.3 is 14.9 Å². The number of carbonyl (C=O) groups is 1. The Morgan fingerprint density at radius 1 is 0.750 bits per heavy atom. The quantitative estimate of drug-likeness (QED) is 0.491. The first kappa shape index (κ1) is 24.7. The minimum Gasteiger partial charge on any atom is -0.462 e. The van der Waals surface area contributed by atoms with E-state index in [9.17, 15) is 53.1 Å². The molecule has 0 bridgehead atoms. The summed E-state index contributed by atoms with van der Waals surface area (Å²) in [5.74, 6) is -40.6. The molecule has 0 aromatic carbocycles. The first-order valence-electron chi connectivity index (χ1n) is 7.28. The summed E-state index contributed by atoms with van der Waals surface area (Å²) in [7, 11) is 0. The van der Waals surface area contributed by atoms with Gasteiger partial charge in [-0.05, 0) is 6.42 Å². The van der Waals surface area contributed by atoms with Crippen molar-refractivity contribution in [1.29, 1.82) is 0 Å². The van der Waals surface area contributed by atoms with E-state index in [1.165, 1.54) is 0 Å². The van der Waals surface area contributed by atoms with Crippen LogP contribution < -0.4 is 0 Å². The lowest BCUT2D eigenvalue weighted by atomic mass is 9.72. The van der Waals surface area contributed by atoms with Crippen molar-refractivity contribution in [1.82, 2.24) is 0 Å². The number of rotatable bonds is 6. The lowest BCUT2D eigenvalue weighted by Gasteiger charge is -2.51. The van der Waals surface area contributed by atoms with Crippen molar-refractivity contribution >= 4 is 5.97 Å². The Morgan fingerprint density at radius 2 is 1.07 bits per heavy atom. The largest absolute Gasteiger partial charge is 0.462 e. The van der Waals surface area contributed by atoms with Gasteiger partial charge in [-0.25, -0.2) is 9.18 Å². The van der Waals surface area contributed by atoms with Crippen LogP contribution in [0.5, 0.6) is 0 Å². The molecule has 0 heterocycles. The van der Waals surface area contributed by atoms with Crippen molar-refractivity contribution in [2.24, 2.45) is 5.41 Å². The molecule has 0 aromatic rings. The van der Waals surface area contributed by atoms with E-state index in [0.29, 0.717) is 0 Å². The fraction of sp³-hybridized carbons (Fsp3) is 0.923. The highest BCUT2D eigenvalue weighted by Crippen LogP contribution is 2.69. The second kappa shape index (κ2) is 6.57. The minimum absolute atomic E-state index is 0.371. The monoisotopic (exact) mass is 442 g/mol. The van der Waals surface area contributed by atoms with Crippen molar-refractivity contribution in [3.63, 3.8) is 0 Å². The van der Waals surface area contributed by atoms with Crippen molar-refractivity contribution < 1.29 is 68.0 Å². The molecule has 0 radical (unpaired) electrons. The van der Waals surface area contributed by atoms with E-state index < -0.39 is 66.5 Å². The molecule has 0 aliphatic heterocycles. The molecule has 1 aliphatic rings. The maximum atomic E-state index is 14.4. The summed E-state index contributed by atoms with van der Waals surface area (Å²) in [6, 6.07) is 0. The Bertz CT molecular complexity index is 577.